The molecule has 0 unspecified atom stereocenters. The van der Waals surface area contributed by atoms with Gasteiger partial charge in [-0.3, -0.25) is 19.8 Å². The molecule has 7 nitrogen and oxygen atoms in total. The lowest BCUT2D eigenvalue weighted by Crippen LogP contribution is -2.59. The predicted molar refractivity (Wildman–Crippen MR) is 98.4 cm³/mol. The van der Waals surface area contributed by atoms with E-state index in [0.29, 0.717) is 12.1 Å². The van der Waals surface area contributed by atoms with E-state index in [0.717, 1.165) is 52.0 Å². The fourth-order valence-electron chi connectivity index (χ4n) is 4.28. The summed E-state index contributed by atoms with van der Waals surface area (Å²) in [4.78, 5) is 26.1. The number of benzene rings is 1. The number of hydrogen-bond donors (Lipinski definition) is 1. The van der Waals surface area contributed by atoms with Crippen LogP contribution in [0.25, 0.3) is 0 Å². The van der Waals surface area contributed by atoms with Crippen molar-refractivity contribution in [3.8, 4) is 0 Å². The van der Waals surface area contributed by atoms with E-state index in [2.05, 4.69) is 10.2 Å². The number of para-hydroxylation sites is 1. The fourth-order valence-corrected chi connectivity index (χ4v) is 4.28. The molecule has 1 aliphatic heterocycles. The first-order valence-corrected chi connectivity index (χ1v) is 9.38. The summed E-state index contributed by atoms with van der Waals surface area (Å²) in [5.74, 6) is -0.362. The summed E-state index contributed by atoms with van der Waals surface area (Å²) in [5, 5.41) is 14.4. The maximum absolute atomic E-state index is 12.7. The molecule has 1 aromatic carbocycles. The van der Waals surface area contributed by atoms with Crippen LogP contribution in [-0.4, -0.2) is 54.1 Å². The summed E-state index contributed by atoms with van der Waals surface area (Å²) in [6, 6.07) is 4.88. The molecule has 0 atom stereocenters. The Hall–Kier alpha value is -1.99. The molecule has 1 heterocycles. The molecule has 1 N–H and O–H groups in total. The molecule has 1 saturated carbocycles. The minimum Gasteiger partial charge on any atom is -0.379 e. The number of aryl methyl sites for hydroxylation is 1. The molecule has 2 fully saturated rings. The molecule has 1 aromatic rings. The Bertz CT molecular complexity index is 665. The second-order valence-electron chi connectivity index (χ2n) is 7.30. The van der Waals surface area contributed by atoms with Crippen molar-refractivity contribution in [3.05, 3.63) is 39.4 Å². The molecule has 1 amide bonds. The minimum absolute atomic E-state index is 0.0592. The van der Waals surface area contributed by atoms with Crippen LogP contribution in [0.1, 0.15) is 48.0 Å². The zero-order valence-electron chi connectivity index (χ0n) is 15.3. The summed E-state index contributed by atoms with van der Waals surface area (Å²) < 4.78 is 5.48. The van der Waals surface area contributed by atoms with Crippen LogP contribution in [0, 0.1) is 17.0 Å². The van der Waals surface area contributed by atoms with Crippen molar-refractivity contribution in [1.29, 1.82) is 0 Å². The van der Waals surface area contributed by atoms with Crippen molar-refractivity contribution < 1.29 is 14.5 Å². The molecule has 2 aliphatic rings. The molecule has 7 heteroatoms. The van der Waals surface area contributed by atoms with Crippen LogP contribution >= 0.6 is 0 Å². The summed E-state index contributed by atoms with van der Waals surface area (Å²) in [6.07, 6.45) is 5.62. The van der Waals surface area contributed by atoms with Crippen molar-refractivity contribution in [2.45, 2.75) is 44.6 Å². The number of nitro groups is 1. The molecule has 26 heavy (non-hydrogen) atoms. The molecule has 142 valence electrons. The monoisotopic (exact) mass is 361 g/mol. The number of carbonyl (C=O) groups excluding carboxylic acids is 1. The van der Waals surface area contributed by atoms with E-state index in [4.69, 9.17) is 4.74 Å². The number of carbonyl (C=O) groups is 1. The van der Waals surface area contributed by atoms with Gasteiger partial charge in [-0.25, -0.2) is 0 Å². The molecule has 1 aliphatic carbocycles. The molecular weight excluding hydrogens is 334 g/mol. The second-order valence-corrected chi connectivity index (χ2v) is 7.30. The standard InChI is InChI=1S/C19H27N3O4/c1-15-6-5-7-16(17(15)22(24)25)18(23)20-14-19(8-3-2-4-9-19)21-10-12-26-13-11-21/h5-7H,2-4,8-14H2,1H3,(H,20,23). The first-order valence-electron chi connectivity index (χ1n) is 9.38. The van der Waals surface area contributed by atoms with Gasteiger partial charge in [0.1, 0.15) is 5.56 Å². The Balaban J connectivity index is 1.76. The third-order valence-electron chi connectivity index (χ3n) is 5.71. The molecule has 0 aromatic heterocycles. The van der Waals surface area contributed by atoms with E-state index < -0.39 is 4.92 Å². The van der Waals surface area contributed by atoms with Gasteiger partial charge in [-0.05, 0) is 25.8 Å². The van der Waals surface area contributed by atoms with Crippen molar-refractivity contribution in [1.82, 2.24) is 10.2 Å². The van der Waals surface area contributed by atoms with Gasteiger partial charge in [0.25, 0.3) is 11.6 Å². The smallest absolute Gasteiger partial charge is 0.285 e. The van der Waals surface area contributed by atoms with E-state index in [1.165, 1.54) is 12.5 Å². The summed E-state index contributed by atoms with van der Waals surface area (Å²) >= 11 is 0. The van der Waals surface area contributed by atoms with Crippen LogP contribution in [0.5, 0.6) is 0 Å². The third kappa shape index (κ3) is 3.88. The number of nitro benzene ring substituents is 1. The van der Waals surface area contributed by atoms with Gasteiger partial charge in [-0.1, -0.05) is 31.4 Å². The van der Waals surface area contributed by atoms with Gasteiger partial charge in [0.2, 0.25) is 0 Å². The van der Waals surface area contributed by atoms with Crippen LogP contribution in [0.15, 0.2) is 18.2 Å². The number of hydrogen-bond acceptors (Lipinski definition) is 5. The van der Waals surface area contributed by atoms with Crippen LogP contribution in [0.2, 0.25) is 0 Å². The topological polar surface area (TPSA) is 84.7 Å². The summed E-state index contributed by atoms with van der Waals surface area (Å²) in [7, 11) is 0. The van der Waals surface area contributed by atoms with Crippen LogP contribution in [-0.2, 0) is 4.74 Å². The summed E-state index contributed by atoms with van der Waals surface area (Å²) in [6.45, 7) is 5.38. The largest absolute Gasteiger partial charge is 0.379 e. The Morgan fingerprint density at radius 2 is 1.96 bits per heavy atom. The van der Waals surface area contributed by atoms with Crippen LogP contribution in [0.3, 0.4) is 0 Å². The average molecular weight is 361 g/mol. The highest BCUT2D eigenvalue weighted by Crippen LogP contribution is 2.34. The molecule has 0 spiro atoms. The van der Waals surface area contributed by atoms with Gasteiger partial charge in [-0.15, -0.1) is 0 Å². The number of ether oxygens (including phenoxy) is 1. The number of nitrogens with one attached hydrogen (secondary N) is 1. The SMILES string of the molecule is Cc1cccc(C(=O)NCC2(N3CCOCC3)CCCCC2)c1[N+](=O)[O-]. The van der Waals surface area contributed by atoms with Crippen molar-refractivity contribution in [2.75, 3.05) is 32.8 Å². The maximum Gasteiger partial charge on any atom is 0.285 e. The third-order valence-corrected chi connectivity index (χ3v) is 5.71. The van der Waals surface area contributed by atoms with Crippen molar-refractivity contribution in [2.24, 2.45) is 0 Å². The molecular formula is C19H27N3O4. The van der Waals surface area contributed by atoms with E-state index in [9.17, 15) is 14.9 Å². The molecule has 1 saturated heterocycles. The highest BCUT2D eigenvalue weighted by Gasteiger charge is 2.39. The first-order chi connectivity index (χ1) is 12.5. The first kappa shape index (κ1) is 18.8. The van der Waals surface area contributed by atoms with Gasteiger partial charge in [0, 0.05) is 30.7 Å². The number of nitrogens with zero attached hydrogens (tertiary/aromatic N) is 2. The van der Waals surface area contributed by atoms with Crippen molar-refractivity contribution >= 4 is 11.6 Å². The second kappa shape index (κ2) is 8.14. The fraction of sp³-hybridized carbons (Fsp3) is 0.632. The van der Waals surface area contributed by atoms with Gasteiger partial charge < -0.3 is 10.1 Å². The van der Waals surface area contributed by atoms with Gasteiger partial charge >= 0.3 is 0 Å². The van der Waals surface area contributed by atoms with Gasteiger partial charge in [-0.2, -0.15) is 0 Å². The molecule has 0 bridgehead atoms. The Labute approximate surface area is 153 Å². The number of amides is 1. The highest BCUT2D eigenvalue weighted by molar-refractivity contribution is 5.98. The lowest BCUT2D eigenvalue weighted by Gasteiger charge is -2.48. The maximum atomic E-state index is 12.7. The van der Waals surface area contributed by atoms with Gasteiger partial charge in [0.05, 0.1) is 18.1 Å². The quantitative estimate of drug-likeness (QED) is 0.644. The van der Waals surface area contributed by atoms with Crippen LogP contribution in [0.4, 0.5) is 5.69 Å². The zero-order chi connectivity index (χ0) is 18.6. The lowest BCUT2D eigenvalue weighted by molar-refractivity contribution is -0.385. The van der Waals surface area contributed by atoms with E-state index >= 15 is 0 Å². The number of rotatable bonds is 5. The van der Waals surface area contributed by atoms with E-state index in [1.807, 2.05) is 0 Å². The lowest BCUT2D eigenvalue weighted by atomic mass is 9.79. The van der Waals surface area contributed by atoms with Crippen LogP contribution < -0.4 is 5.32 Å². The summed E-state index contributed by atoms with van der Waals surface area (Å²) in [5.41, 5.74) is 0.483. The Kier molecular flexibility index (Phi) is 5.88. The highest BCUT2D eigenvalue weighted by atomic mass is 16.6. The Morgan fingerprint density at radius 1 is 1.27 bits per heavy atom. The zero-order valence-corrected chi connectivity index (χ0v) is 15.3. The van der Waals surface area contributed by atoms with Crippen molar-refractivity contribution in [3.63, 3.8) is 0 Å². The predicted octanol–water partition coefficient (Wildman–Crippen LogP) is 2.67. The molecule has 0 radical (unpaired) electrons. The average Bonchev–Trinajstić information content (AvgIpc) is 2.67. The Morgan fingerprint density at radius 3 is 2.62 bits per heavy atom. The normalized spacial score (nSPS) is 20.5. The van der Waals surface area contributed by atoms with E-state index in [1.54, 1.807) is 19.1 Å². The molecule has 3 rings (SSSR count). The minimum atomic E-state index is -0.470. The van der Waals surface area contributed by atoms with Gasteiger partial charge in [0.15, 0.2) is 0 Å². The van der Waals surface area contributed by atoms with E-state index in [-0.39, 0.29) is 22.7 Å². The number of morpholine rings is 1.